The minimum Gasteiger partial charge on any atom is -0.389 e. The van der Waals surface area contributed by atoms with Gasteiger partial charge in [-0.25, -0.2) is 0 Å². The first-order valence-electron chi connectivity index (χ1n) is 8.16. The highest BCUT2D eigenvalue weighted by atomic mass is 16.3. The van der Waals surface area contributed by atoms with Crippen molar-refractivity contribution in [2.45, 2.75) is 64.0 Å². The number of nitrogens with zero attached hydrogens (tertiary/aromatic N) is 1. The monoisotopic (exact) mass is 268 g/mol. The Hall–Kier alpha value is -0.120. The van der Waals surface area contributed by atoms with Gasteiger partial charge in [0.15, 0.2) is 0 Å². The number of nitrogens with one attached hydrogen (secondary N) is 1. The number of likely N-dealkylation sites (tertiary alicyclic amines) is 1. The van der Waals surface area contributed by atoms with Gasteiger partial charge in [-0.15, -0.1) is 0 Å². The molecule has 2 fully saturated rings. The molecule has 1 aliphatic heterocycles. The van der Waals surface area contributed by atoms with Crippen molar-refractivity contribution in [3.63, 3.8) is 0 Å². The van der Waals surface area contributed by atoms with E-state index in [0.717, 1.165) is 31.3 Å². The number of β-amino-alcohol motifs (C(OH)–C–C–N with tert-alkyl or cyclic N) is 1. The normalized spacial score (nSPS) is 40.7. The Morgan fingerprint density at radius 1 is 1.37 bits per heavy atom. The average molecular weight is 268 g/mol. The molecule has 1 saturated carbocycles. The van der Waals surface area contributed by atoms with Crippen LogP contribution in [0.2, 0.25) is 0 Å². The van der Waals surface area contributed by atoms with Gasteiger partial charge in [-0.1, -0.05) is 19.8 Å². The fraction of sp³-hybridized carbons (Fsp3) is 1.00. The van der Waals surface area contributed by atoms with Crippen LogP contribution in [0.4, 0.5) is 0 Å². The van der Waals surface area contributed by atoms with E-state index < -0.39 is 5.60 Å². The second kappa shape index (κ2) is 6.55. The van der Waals surface area contributed by atoms with Crippen LogP contribution in [-0.2, 0) is 0 Å². The van der Waals surface area contributed by atoms with Crippen LogP contribution in [0.25, 0.3) is 0 Å². The summed E-state index contributed by atoms with van der Waals surface area (Å²) < 4.78 is 0. The maximum Gasteiger partial charge on any atom is 0.0758 e. The van der Waals surface area contributed by atoms with E-state index in [4.69, 9.17) is 0 Å². The number of rotatable bonds is 5. The molecular formula is C16H32N2O. The quantitative estimate of drug-likeness (QED) is 0.803. The molecule has 0 aromatic carbocycles. The van der Waals surface area contributed by atoms with E-state index in [9.17, 15) is 5.11 Å². The molecule has 1 aliphatic carbocycles. The third-order valence-corrected chi connectivity index (χ3v) is 5.18. The van der Waals surface area contributed by atoms with Gasteiger partial charge in [0, 0.05) is 25.7 Å². The van der Waals surface area contributed by atoms with Crippen molar-refractivity contribution in [1.82, 2.24) is 10.2 Å². The molecule has 2 rings (SSSR count). The van der Waals surface area contributed by atoms with Crippen LogP contribution in [0.15, 0.2) is 0 Å². The molecule has 4 atom stereocenters. The Balaban J connectivity index is 1.88. The van der Waals surface area contributed by atoms with Crippen LogP contribution >= 0.6 is 0 Å². The number of hydrogen-bond acceptors (Lipinski definition) is 3. The predicted octanol–water partition coefficient (Wildman–Crippen LogP) is 2.25. The molecule has 2 N–H and O–H groups in total. The van der Waals surface area contributed by atoms with Gasteiger partial charge >= 0.3 is 0 Å². The fourth-order valence-corrected chi connectivity index (χ4v) is 4.14. The number of aliphatic hydroxyl groups is 1. The van der Waals surface area contributed by atoms with Crippen molar-refractivity contribution >= 4 is 0 Å². The largest absolute Gasteiger partial charge is 0.389 e. The molecular weight excluding hydrogens is 236 g/mol. The second-order valence-corrected chi connectivity index (χ2v) is 7.11. The van der Waals surface area contributed by atoms with Gasteiger partial charge in [0.2, 0.25) is 0 Å². The fourth-order valence-electron chi connectivity index (χ4n) is 4.14. The Morgan fingerprint density at radius 3 is 2.74 bits per heavy atom. The summed E-state index contributed by atoms with van der Waals surface area (Å²) in [5.74, 6) is 1.70. The van der Waals surface area contributed by atoms with Gasteiger partial charge in [0.1, 0.15) is 0 Å². The molecule has 0 radical (unpaired) electrons. The van der Waals surface area contributed by atoms with Gasteiger partial charge in [0.05, 0.1) is 5.60 Å². The SMILES string of the molecule is CCCC1CCC(NC)C(CN2CCC(C)(O)C2)C1. The van der Waals surface area contributed by atoms with Crippen molar-refractivity contribution in [1.29, 1.82) is 0 Å². The van der Waals surface area contributed by atoms with Crippen LogP contribution in [0.5, 0.6) is 0 Å². The van der Waals surface area contributed by atoms with E-state index in [2.05, 4.69) is 24.2 Å². The first-order chi connectivity index (χ1) is 9.04. The van der Waals surface area contributed by atoms with Crippen LogP contribution in [-0.4, -0.2) is 48.3 Å². The lowest BCUT2D eigenvalue weighted by Gasteiger charge is -2.38. The van der Waals surface area contributed by atoms with E-state index in [1.54, 1.807) is 0 Å². The molecule has 0 bridgehead atoms. The summed E-state index contributed by atoms with van der Waals surface area (Å²) in [6, 6.07) is 0.679. The van der Waals surface area contributed by atoms with Crippen molar-refractivity contribution in [2.75, 3.05) is 26.7 Å². The van der Waals surface area contributed by atoms with Crippen molar-refractivity contribution in [2.24, 2.45) is 11.8 Å². The lowest BCUT2D eigenvalue weighted by molar-refractivity contribution is 0.0623. The maximum absolute atomic E-state index is 10.1. The third-order valence-electron chi connectivity index (χ3n) is 5.18. The molecule has 4 unspecified atom stereocenters. The van der Waals surface area contributed by atoms with E-state index in [1.807, 2.05) is 6.92 Å². The highest BCUT2D eigenvalue weighted by Crippen LogP contribution is 2.33. The van der Waals surface area contributed by atoms with Crippen molar-refractivity contribution in [3.8, 4) is 0 Å². The minimum atomic E-state index is -0.452. The van der Waals surface area contributed by atoms with Crippen molar-refractivity contribution in [3.05, 3.63) is 0 Å². The van der Waals surface area contributed by atoms with Gasteiger partial charge in [-0.2, -0.15) is 0 Å². The predicted molar refractivity (Wildman–Crippen MR) is 80.3 cm³/mol. The van der Waals surface area contributed by atoms with Gasteiger partial charge in [0.25, 0.3) is 0 Å². The molecule has 0 spiro atoms. The summed E-state index contributed by atoms with van der Waals surface area (Å²) in [4.78, 5) is 2.48. The standard InChI is InChI=1S/C16H32N2O/c1-4-5-13-6-7-15(17-3)14(10-13)11-18-9-8-16(2,19)12-18/h13-15,17,19H,4-12H2,1-3H3. The summed E-state index contributed by atoms with van der Waals surface area (Å²) in [6.07, 6.45) is 7.74. The van der Waals surface area contributed by atoms with Gasteiger partial charge in [-0.05, 0) is 51.5 Å². The molecule has 1 heterocycles. The third kappa shape index (κ3) is 4.17. The lowest BCUT2D eigenvalue weighted by Crippen LogP contribution is -2.44. The zero-order valence-corrected chi connectivity index (χ0v) is 13.0. The smallest absolute Gasteiger partial charge is 0.0758 e. The van der Waals surface area contributed by atoms with E-state index in [1.165, 1.54) is 38.6 Å². The highest BCUT2D eigenvalue weighted by Gasteiger charge is 2.35. The minimum absolute atomic E-state index is 0.452. The molecule has 112 valence electrons. The summed E-state index contributed by atoms with van der Waals surface area (Å²) in [6.45, 7) is 7.37. The van der Waals surface area contributed by atoms with Crippen molar-refractivity contribution < 1.29 is 5.11 Å². The van der Waals surface area contributed by atoms with Crippen LogP contribution in [0.1, 0.15) is 52.4 Å². The highest BCUT2D eigenvalue weighted by molar-refractivity contribution is 4.91. The zero-order valence-electron chi connectivity index (χ0n) is 13.0. The first kappa shape index (κ1) is 15.3. The Bertz CT molecular complexity index is 280. The summed E-state index contributed by atoms with van der Waals surface area (Å²) in [7, 11) is 2.11. The summed E-state index contributed by atoms with van der Waals surface area (Å²) in [5, 5.41) is 13.6. The topological polar surface area (TPSA) is 35.5 Å². The molecule has 0 aromatic rings. The number of hydrogen-bond donors (Lipinski definition) is 2. The van der Waals surface area contributed by atoms with E-state index in [-0.39, 0.29) is 0 Å². The zero-order chi connectivity index (χ0) is 13.9. The van der Waals surface area contributed by atoms with Crippen LogP contribution < -0.4 is 5.32 Å². The molecule has 0 amide bonds. The molecule has 1 saturated heterocycles. The van der Waals surface area contributed by atoms with Gasteiger partial charge in [-0.3, -0.25) is 0 Å². The average Bonchev–Trinajstić information content (AvgIpc) is 2.69. The summed E-state index contributed by atoms with van der Waals surface area (Å²) >= 11 is 0. The molecule has 3 heteroatoms. The van der Waals surface area contributed by atoms with E-state index in [0.29, 0.717) is 6.04 Å². The maximum atomic E-state index is 10.1. The molecule has 0 aromatic heterocycles. The van der Waals surface area contributed by atoms with Crippen LogP contribution in [0.3, 0.4) is 0 Å². The molecule has 3 nitrogen and oxygen atoms in total. The summed E-state index contributed by atoms with van der Waals surface area (Å²) in [5.41, 5.74) is -0.452. The first-order valence-corrected chi connectivity index (χ1v) is 8.16. The Labute approximate surface area is 118 Å². The molecule has 19 heavy (non-hydrogen) atoms. The Morgan fingerprint density at radius 2 is 2.16 bits per heavy atom. The Kier molecular flexibility index (Phi) is 5.27. The second-order valence-electron chi connectivity index (χ2n) is 7.11. The molecule has 2 aliphatic rings. The van der Waals surface area contributed by atoms with Crippen LogP contribution in [0, 0.1) is 11.8 Å². The van der Waals surface area contributed by atoms with E-state index >= 15 is 0 Å². The lowest BCUT2D eigenvalue weighted by atomic mass is 9.76. The van der Waals surface area contributed by atoms with Gasteiger partial charge < -0.3 is 15.3 Å².